The number of hydroxylamine groups is 1. The number of anilines is 4. The second-order valence-corrected chi connectivity index (χ2v) is 12.2. The molecule has 2 aromatic carbocycles. The molecule has 0 aliphatic carbocycles. The summed E-state index contributed by atoms with van der Waals surface area (Å²) >= 11 is 0. The average molecular weight is 633 g/mol. The van der Waals surface area contributed by atoms with E-state index in [9.17, 15) is 8.78 Å². The molecule has 1 atom stereocenters. The first-order valence-corrected chi connectivity index (χ1v) is 15.6. The van der Waals surface area contributed by atoms with Crippen molar-refractivity contribution < 1.29 is 23.1 Å². The van der Waals surface area contributed by atoms with Gasteiger partial charge in [-0.05, 0) is 32.0 Å². The van der Waals surface area contributed by atoms with E-state index in [-0.39, 0.29) is 11.2 Å². The third-order valence-electron chi connectivity index (χ3n) is 9.17. The van der Waals surface area contributed by atoms with Crippen LogP contribution in [0.4, 0.5) is 31.8 Å². The van der Waals surface area contributed by atoms with Crippen LogP contribution in [-0.4, -0.2) is 83.8 Å². The van der Waals surface area contributed by atoms with E-state index in [0.717, 1.165) is 68.5 Å². The van der Waals surface area contributed by atoms with E-state index in [0.29, 0.717) is 36.1 Å². The van der Waals surface area contributed by atoms with Gasteiger partial charge in [0.05, 0.1) is 43.9 Å². The van der Waals surface area contributed by atoms with Gasteiger partial charge in [0.25, 0.3) is 0 Å². The van der Waals surface area contributed by atoms with E-state index in [1.54, 1.807) is 23.9 Å². The first kappa shape index (κ1) is 30.3. The Morgan fingerprint density at radius 1 is 1.04 bits per heavy atom. The van der Waals surface area contributed by atoms with Gasteiger partial charge in [-0.25, -0.2) is 23.8 Å². The summed E-state index contributed by atoms with van der Waals surface area (Å²) in [6.07, 6.45) is 7.63. The highest BCUT2D eigenvalue weighted by molar-refractivity contribution is 5.85. The molecule has 2 aromatic heterocycles. The molecule has 3 aliphatic heterocycles. The number of rotatable bonds is 7. The minimum atomic E-state index is -0.895. The van der Waals surface area contributed by atoms with Crippen molar-refractivity contribution in [2.75, 3.05) is 68.8 Å². The van der Waals surface area contributed by atoms with Gasteiger partial charge in [0.2, 0.25) is 0 Å². The summed E-state index contributed by atoms with van der Waals surface area (Å²) in [6, 6.07) is 9.47. The molecule has 1 spiro atoms. The van der Waals surface area contributed by atoms with Crippen LogP contribution in [0, 0.1) is 11.6 Å². The molecule has 5 heterocycles. The molecule has 0 amide bonds. The maximum absolute atomic E-state index is 14.7. The van der Waals surface area contributed by atoms with Crippen LogP contribution in [0.2, 0.25) is 0 Å². The summed E-state index contributed by atoms with van der Waals surface area (Å²) in [5, 5.41) is 9.36. The molecule has 13 heteroatoms. The lowest BCUT2D eigenvalue weighted by Gasteiger charge is -2.47. The van der Waals surface area contributed by atoms with E-state index >= 15 is 0 Å². The largest absolute Gasteiger partial charge is 0.494 e. The maximum Gasteiger partial charge on any atom is 0.164 e. The number of nitrogens with zero attached hydrogens (tertiary/aromatic N) is 7. The molecule has 0 saturated carbocycles. The fraction of sp³-hybridized carbons (Fsp3) is 0.424. The fourth-order valence-corrected chi connectivity index (χ4v) is 6.81. The molecule has 3 saturated heterocycles. The molecule has 242 valence electrons. The first-order valence-electron chi connectivity index (χ1n) is 15.6. The van der Waals surface area contributed by atoms with Crippen LogP contribution in [0.25, 0.3) is 11.1 Å². The molecular formula is C33H38F2N8O3. The van der Waals surface area contributed by atoms with Crippen molar-refractivity contribution >= 4 is 23.0 Å². The number of ether oxygens (including phenoxy) is 2. The van der Waals surface area contributed by atoms with Crippen molar-refractivity contribution in [1.82, 2.24) is 24.6 Å². The highest BCUT2D eigenvalue weighted by atomic mass is 19.2. The minimum absolute atomic E-state index is 0.104. The normalized spacial score (nSPS) is 20.0. The Morgan fingerprint density at radius 3 is 2.65 bits per heavy atom. The lowest BCUT2D eigenvalue weighted by atomic mass is 9.88. The zero-order valence-electron chi connectivity index (χ0n) is 26.2. The number of methoxy groups -OCH3 is 1. The Morgan fingerprint density at radius 2 is 1.89 bits per heavy atom. The third-order valence-corrected chi connectivity index (χ3v) is 9.17. The number of morpholine rings is 1. The molecular weight excluding hydrogens is 594 g/mol. The Bertz CT molecular complexity index is 1710. The molecule has 0 bridgehead atoms. The number of likely N-dealkylation sites (N-methyl/N-ethyl adjacent to an activating group) is 1. The van der Waals surface area contributed by atoms with Gasteiger partial charge in [0.15, 0.2) is 17.5 Å². The second-order valence-electron chi connectivity index (χ2n) is 12.2. The zero-order chi connectivity index (χ0) is 31.8. The Labute approximate surface area is 266 Å². The average Bonchev–Trinajstić information content (AvgIpc) is 3.72. The smallest absolute Gasteiger partial charge is 0.164 e. The topological polar surface area (TPSA) is 93.0 Å². The van der Waals surface area contributed by atoms with Gasteiger partial charge in [0, 0.05) is 80.4 Å². The summed E-state index contributed by atoms with van der Waals surface area (Å²) < 4.78 is 42.8. The van der Waals surface area contributed by atoms with Gasteiger partial charge in [-0.2, -0.15) is 5.10 Å². The first-order chi connectivity index (χ1) is 22.3. The van der Waals surface area contributed by atoms with Crippen molar-refractivity contribution in [2.24, 2.45) is 7.05 Å². The molecule has 1 N–H and O–H groups in total. The second kappa shape index (κ2) is 12.5. The number of nitrogens with one attached hydrogen (secondary N) is 1. The van der Waals surface area contributed by atoms with Gasteiger partial charge in [-0.3, -0.25) is 9.52 Å². The van der Waals surface area contributed by atoms with Crippen LogP contribution in [-0.2, 0) is 16.6 Å². The van der Waals surface area contributed by atoms with E-state index in [4.69, 9.17) is 14.3 Å². The van der Waals surface area contributed by atoms with E-state index in [1.165, 1.54) is 17.5 Å². The highest BCUT2D eigenvalue weighted by Crippen LogP contribution is 2.43. The Hall–Kier alpha value is -4.33. The molecule has 46 heavy (non-hydrogen) atoms. The van der Waals surface area contributed by atoms with Gasteiger partial charge in [-0.1, -0.05) is 12.1 Å². The molecule has 3 aliphatic rings. The quantitative estimate of drug-likeness (QED) is 0.297. The lowest BCUT2D eigenvalue weighted by Crippen LogP contribution is -2.56. The third kappa shape index (κ3) is 5.85. The summed E-state index contributed by atoms with van der Waals surface area (Å²) in [7, 11) is 5.71. The predicted molar refractivity (Wildman–Crippen MR) is 170 cm³/mol. The maximum atomic E-state index is 14.7. The standard InChI is InChI=1S/C33H38F2N8O3/c1-40-12-14-45-33(20-40)8-10-42(11-9-33)28-16-29(44-3)26(15-24(28)22-18-38-41(2)19-22)39-30-17-31(37-21-36-30)43-27(7-13-46-43)23-5-4-6-25(34)32(23)35/h4-6,15-19,21,27H,7-14,20H2,1-3H3,(H,36,37,39)/t27-/m1/s1. The summed E-state index contributed by atoms with van der Waals surface area (Å²) in [5.74, 6) is -0.224. The fourth-order valence-electron chi connectivity index (χ4n) is 6.81. The van der Waals surface area contributed by atoms with Crippen LogP contribution in [0.1, 0.15) is 30.9 Å². The monoisotopic (exact) mass is 632 g/mol. The summed E-state index contributed by atoms with van der Waals surface area (Å²) in [4.78, 5) is 19.4. The zero-order valence-corrected chi connectivity index (χ0v) is 26.2. The molecule has 4 aromatic rings. The van der Waals surface area contributed by atoms with Crippen molar-refractivity contribution in [3.63, 3.8) is 0 Å². The van der Waals surface area contributed by atoms with Gasteiger partial charge in [-0.15, -0.1) is 0 Å². The lowest BCUT2D eigenvalue weighted by molar-refractivity contribution is -0.115. The molecule has 0 radical (unpaired) electrons. The van der Waals surface area contributed by atoms with Gasteiger partial charge >= 0.3 is 0 Å². The van der Waals surface area contributed by atoms with Crippen molar-refractivity contribution in [1.29, 1.82) is 0 Å². The van der Waals surface area contributed by atoms with Crippen LogP contribution >= 0.6 is 0 Å². The molecule has 0 unspecified atom stereocenters. The number of hydrogen-bond donors (Lipinski definition) is 1. The summed E-state index contributed by atoms with van der Waals surface area (Å²) in [5.41, 5.74) is 3.86. The van der Waals surface area contributed by atoms with Crippen LogP contribution < -0.4 is 20.0 Å². The summed E-state index contributed by atoms with van der Waals surface area (Å²) in [6.45, 7) is 4.74. The highest BCUT2D eigenvalue weighted by Gasteiger charge is 2.39. The van der Waals surface area contributed by atoms with Crippen LogP contribution in [0.3, 0.4) is 0 Å². The molecule has 11 nitrogen and oxygen atoms in total. The van der Waals surface area contributed by atoms with Gasteiger partial charge < -0.3 is 24.6 Å². The number of hydrogen-bond acceptors (Lipinski definition) is 10. The van der Waals surface area contributed by atoms with Crippen molar-refractivity contribution in [2.45, 2.75) is 30.9 Å². The predicted octanol–water partition coefficient (Wildman–Crippen LogP) is 5.09. The number of piperidine rings is 1. The number of halogens is 2. The SMILES string of the molecule is COc1cc(N2CCC3(CC2)CN(C)CCO3)c(-c2cnn(C)c2)cc1Nc1cc(N2OCC[C@@H]2c2cccc(F)c2F)ncn1. The molecule has 7 rings (SSSR count). The Balaban J connectivity index is 1.18. The number of aromatic nitrogens is 4. The van der Waals surface area contributed by atoms with Crippen LogP contribution in [0.15, 0.2) is 55.1 Å². The van der Waals surface area contributed by atoms with Crippen LogP contribution in [0.5, 0.6) is 5.75 Å². The molecule has 3 fully saturated rings. The Kier molecular flexibility index (Phi) is 8.22. The van der Waals surface area contributed by atoms with E-state index in [2.05, 4.69) is 49.4 Å². The minimum Gasteiger partial charge on any atom is -0.494 e. The van der Waals surface area contributed by atoms with E-state index in [1.807, 2.05) is 19.4 Å². The number of benzene rings is 2. The van der Waals surface area contributed by atoms with Crippen molar-refractivity contribution in [3.05, 3.63) is 72.3 Å². The van der Waals surface area contributed by atoms with Crippen molar-refractivity contribution in [3.8, 4) is 16.9 Å². The van der Waals surface area contributed by atoms with Gasteiger partial charge in [0.1, 0.15) is 17.9 Å². The number of aryl methyl sites for hydroxylation is 1. The van der Waals surface area contributed by atoms with E-state index < -0.39 is 17.7 Å².